The maximum absolute atomic E-state index is 14.5. The minimum absolute atomic E-state index is 0.0101. The summed E-state index contributed by atoms with van der Waals surface area (Å²) < 4.78 is 41.0. The average Bonchev–Trinajstić information content (AvgIpc) is 2.79. The molecule has 0 fully saturated rings. The lowest BCUT2D eigenvalue weighted by Gasteiger charge is -2.15. The second-order valence-electron chi connectivity index (χ2n) is 7.04. The summed E-state index contributed by atoms with van der Waals surface area (Å²) in [5.41, 5.74) is 1.45. The van der Waals surface area contributed by atoms with Crippen LogP contribution in [-0.4, -0.2) is 45.5 Å². The Morgan fingerprint density at radius 3 is 1.91 bits per heavy atom. The molecule has 8 heteroatoms. The maximum Gasteiger partial charge on any atom is 0.333 e. The Hall–Kier alpha value is -3.81. The molecule has 33 heavy (non-hydrogen) atoms. The van der Waals surface area contributed by atoms with E-state index in [-0.39, 0.29) is 37.6 Å². The van der Waals surface area contributed by atoms with Crippen LogP contribution in [0.5, 0.6) is 17.2 Å². The predicted octanol–water partition coefficient (Wildman–Crippen LogP) is 4.50. The summed E-state index contributed by atoms with van der Waals surface area (Å²) >= 11 is 0. The molecule has 2 aromatic carbocycles. The number of ether oxygens (including phenoxy) is 5. The molecule has 176 valence electrons. The third kappa shape index (κ3) is 7.68. The Labute approximate surface area is 192 Å². The summed E-state index contributed by atoms with van der Waals surface area (Å²) in [6, 6.07) is 9.44. The van der Waals surface area contributed by atoms with Crippen molar-refractivity contribution < 1.29 is 37.7 Å². The molecule has 0 heterocycles. The van der Waals surface area contributed by atoms with Crippen molar-refractivity contribution in [3.63, 3.8) is 0 Å². The second-order valence-corrected chi connectivity index (χ2v) is 7.04. The number of benzene rings is 2. The molecule has 0 N–H and O–H groups in total. The van der Waals surface area contributed by atoms with Crippen LogP contribution in [0.4, 0.5) is 4.39 Å². The van der Waals surface area contributed by atoms with Crippen LogP contribution in [0.1, 0.15) is 13.8 Å². The topological polar surface area (TPSA) is 80.3 Å². The molecule has 0 amide bonds. The first-order chi connectivity index (χ1) is 15.7. The minimum atomic E-state index is -0.525. The Balaban J connectivity index is 2.15. The van der Waals surface area contributed by atoms with Gasteiger partial charge in [-0.1, -0.05) is 19.2 Å². The van der Waals surface area contributed by atoms with E-state index < -0.39 is 17.8 Å². The zero-order valence-corrected chi connectivity index (χ0v) is 18.9. The highest BCUT2D eigenvalue weighted by Gasteiger charge is 2.13. The van der Waals surface area contributed by atoms with Gasteiger partial charge in [-0.3, -0.25) is 0 Å². The highest BCUT2D eigenvalue weighted by molar-refractivity contribution is 5.87. The molecule has 0 radical (unpaired) electrons. The normalized spacial score (nSPS) is 10.2. The standard InChI is InChI=1S/C25H27FO7/c1-16(2)24(27)32-12-10-30-22-9-6-18(20-8-7-19(29-5)15-21(20)26)14-23(22)31-11-13-33-25(28)17(3)4/h6-9,14-15H,1,3,10-13H2,2,4-5H3. The Bertz CT molecular complexity index is 1030. The van der Waals surface area contributed by atoms with Gasteiger partial charge in [0.2, 0.25) is 0 Å². The molecule has 0 unspecified atom stereocenters. The fourth-order valence-electron chi connectivity index (χ4n) is 2.58. The summed E-state index contributed by atoms with van der Waals surface area (Å²) in [7, 11) is 1.46. The van der Waals surface area contributed by atoms with Crippen molar-refractivity contribution in [2.24, 2.45) is 0 Å². The Kier molecular flexibility index (Phi) is 9.47. The number of methoxy groups -OCH3 is 1. The van der Waals surface area contributed by atoms with Crippen LogP contribution in [0.2, 0.25) is 0 Å². The molecular formula is C25H27FO7. The van der Waals surface area contributed by atoms with Crippen LogP contribution in [0, 0.1) is 5.82 Å². The molecule has 0 aliphatic carbocycles. The van der Waals surface area contributed by atoms with Gasteiger partial charge in [0.15, 0.2) is 11.5 Å². The van der Waals surface area contributed by atoms with Crippen molar-refractivity contribution in [1.29, 1.82) is 0 Å². The summed E-state index contributed by atoms with van der Waals surface area (Å²) in [5.74, 6) is -0.443. The van der Waals surface area contributed by atoms with Crippen molar-refractivity contribution in [2.75, 3.05) is 33.5 Å². The van der Waals surface area contributed by atoms with E-state index in [2.05, 4.69) is 13.2 Å². The van der Waals surface area contributed by atoms with Gasteiger partial charge < -0.3 is 23.7 Å². The minimum Gasteiger partial charge on any atom is -0.497 e. The number of carbonyl (C=O) groups excluding carboxylic acids is 2. The number of rotatable bonds is 12. The molecule has 7 nitrogen and oxygen atoms in total. The third-order valence-electron chi connectivity index (χ3n) is 4.28. The third-order valence-corrected chi connectivity index (χ3v) is 4.28. The van der Waals surface area contributed by atoms with Crippen LogP contribution >= 0.6 is 0 Å². The van der Waals surface area contributed by atoms with Gasteiger partial charge in [-0.25, -0.2) is 14.0 Å². The monoisotopic (exact) mass is 458 g/mol. The molecule has 0 saturated heterocycles. The maximum atomic E-state index is 14.5. The SMILES string of the molecule is C=C(C)C(=O)OCCOc1ccc(-c2ccc(OC)cc2F)cc1OCCOC(=O)C(=C)C. The van der Waals surface area contributed by atoms with E-state index in [1.165, 1.54) is 13.2 Å². The number of esters is 2. The van der Waals surface area contributed by atoms with E-state index in [9.17, 15) is 14.0 Å². The van der Waals surface area contributed by atoms with Crippen LogP contribution in [0.3, 0.4) is 0 Å². The highest BCUT2D eigenvalue weighted by Crippen LogP contribution is 2.34. The van der Waals surface area contributed by atoms with Crippen molar-refractivity contribution in [3.05, 3.63) is 66.5 Å². The lowest BCUT2D eigenvalue weighted by molar-refractivity contribution is -0.140. The van der Waals surface area contributed by atoms with E-state index in [1.807, 2.05) is 0 Å². The lowest BCUT2D eigenvalue weighted by atomic mass is 10.0. The lowest BCUT2D eigenvalue weighted by Crippen LogP contribution is -2.14. The predicted molar refractivity (Wildman–Crippen MR) is 121 cm³/mol. The summed E-state index contributed by atoms with van der Waals surface area (Å²) in [4.78, 5) is 23.0. The van der Waals surface area contributed by atoms with Crippen LogP contribution in [0.15, 0.2) is 60.7 Å². The molecule has 0 aromatic heterocycles. The summed E-state index contributed by atoms with van der Waals surface area (Å²) in [5, 5.41) is 0. The second kappa shape index (κ2) is 12.3. The zero-order valence-electron chi connectivity index (χ0n) is 18.9. The highest BCUT2D eigenvalue weighted by atomic mass is 19.1. The van der Waals surface area contributed by atoms with Crippen molar-refractivity contribution in [2.45, 2.75) is 13.8 Å². The van der Waals surface area contributed by atoms with Gasteiger partial charge in [0, 0.05) is 22.8 Å². The molecule has 2 rings (SSSR count). The van der Waals surface area contributed by atoms with Gasteiger partial charge >= 0.3 is 11.9 Å². The number of hydrogen-bond acceptors (Lipinski definition) is 7. The van der Waals surface area contributed by atoms with E-state index in [0.29, 0.717) is 28.4 Å². The molecule has 0 spiro atoms. The van der Waals surface area contributed by atoms with Crippen molar-refractivity contribution in [1.82, 2.24) is 0 Å². The first-order valence-electron chi connectivity index (χ1n) is 10.1. The summed E-state index contributed by atoms with van der Waals surface area (Å²) in [6.07, 6.45) is 0. The van der Waals surface area contributed by atoms with Gasteiger partial charge in [-0.05, 0) is 43.7 Å². The van der Waals surface area contributed by atoms with E-state index in [1.54, 1.807) is 44.2 Å². The van der Waals surface area contributed by atoms with Crippen molar-refractivity contribution in [3.8, 4) is 28.4 Å². The van der Waals surface area contributed by atoms with Gasteiger partial charge in [-0.15, -0.1) is 0 Å². The Morgan fingerprint density at radius 1 is 0.818 bits per heavy atom. The number of carbonyl (C=O) groups is 2. The average molecular weight is 458 g/mol. The molecule has 0 saturated carbocycles. The van der Waals surface area contributed by atoms with E-state index in [4.69, 9.17) is 23.7 Å². The smallest absolute Gasteiger partial charge is 0.333 e. The largest absolute Gasteiger partial charge is 0.497 e. The summed E-state index contributed by atoms with van der Waals surface area (Å²) in [6.45, 7) is 10.2. The molecule has 0 bridgehead atoms. The van der Waals surface area contributed by atoms with Crippen LogP contribution in [-0.2, 0) is 19.1 Å². The van der Waals surface area contributed by atoms with Gasteiger partial charge in [-0.2, -0.15) is 0 Å². The number of halogens is 1. The quantitative estimate of drug-likeness (QED) is 0.263. The van der Waals surface area contributed by atoms with Gasteiger partial charge in [0.1, 0.15) is 38.0 Å². The zero-order chi connectivity index (χ0) is 24.4. The van der Waals surface area contributed by atoms with Crippen LogP contribution < -0.4 is 14.2 Å². The van der Waals surface area contributed by atoms with E-state index in [0.717, 1.165) is 0 Å². The fraction of sp³-hybridized carbons (Fsp3) is 0.280. The van der Waals surface area contributed by atoms with E-state index >= 15 is 0 Å². The fourth-order valence-corrected chi connectivity index (χ4v) is 2.58. The number of hydrogen-bond donors (Lipinski definition) is 0. The molecule has 0 atom stereocenters. The molecule has 0 aliphatic heterocycles. The molecule has 2 aromatic rings. The van der Waals surface area contributed by atoms with Gasteiger partial charge in [0.25, 0.3) is 0 Å². The Morgan fingerprint density at radius 2 is 1.39 bits per heavy atom. The molecular weight excluding hydrogens is 431 g/mol. The van der Waals surface area contributed by atoms with Crippen LogP contribution in [0.25, 0.3) is 11.1 Å². The van der Waals surface area contributed by atoms with Gasteiger partial charge in [0.05, 0.1) is 7.11 Å². The molecule has 0 aliphatic rings. The first-order valence-corrected chi connectivity index (χ1v) is 10.1. The van der Waals surface area contributed by atoms with Crippen molar-refractivity contribution >= 4 is 11.9 Å². The first kappa shape index (κ1) is 25.5.